The third-order valence-corrected chi connectivity index (χ3v) is 3.55. The molecule has 1 aromatic rings. The highest BCUT2D eigenvalue weighted by molar-refractivity contribution is 5.45. The lowest BCUT2D eigenvalue weighted by Gasteiger charge is -2.10. The molecule has 0 aromatic carbocycles. The molecule has 0 aliphatic heterocycles. The number of hydrogen-bond donors (Lipinski definition) is 1. The first kappa shape index (κ1) is 11.2. The van der Waals surface area contributed by atoms with E-state index in [0.717, 1.165) is 11.3 Å². The number of hydrogen-bond acceptors (Lipinski definition) is 4. The Morgan fingerprint density at radius 2 is 1.94 bits per heavy atom. The molecule has 0 spiro atoms. The van der Waals surface area contributed by atoms with Crippen molar-refractivity contribution in [1.29, 1.82) is 0 Å². The fourth-order valence-corrected chi connectivity index (χ4v) is 2.24. The van der Waals surface area contributed by atoms with Gasteiger partial charge in [0.1, 0.15) is 5.75 Å². The standard InChI is InChI=1S/C12H18N2O2/c1-12(2)10(11(12)13)7-5-9(16-4)14-6-8(7)15-3/h5-6,10-11H,13H2,1-4H3/t10-,11-/m1/s1. The second kappa shape index (κ2) is 3.63. The zero-order chi connectivity index (χ0) is 11.9. The van der Waals surface area contributed by atoms with Crippen molar-refractivity contribution >= 4 is 0 Å². The molecule has 1 aliphatic carbocycles. The van der Waals surface area contributed by atoms with Crippen LogP contribution < -0.4 is 15.2 Å². The molecule has 1 heterocycles. The minimum Gasteiger partial charge on any atom is -0.495 e. The lowest BCUT2D eigenvalue weighted by molar-refractivity contribution is 0.383. The van der Waals surface area contributed by atoms with Gasteiger partial charge in [-0.2, -0.15) is 0 Å². The van der Waals surface area contributed by atoms with E-state index in [1.807, 2.05) is 6.07 Å². The number of pyridine rings is 1. The van der Waals surface area contributed by atoms with E-state index < -0.39 is 0 Å². The van der Waals surface area contributed by atoms with E-state index in [1.165, 1.54) is 0 Å². The number of nitrogens with two attached hydrogens (primary N) is 1. The van der Waals surface area contributed by atoms with Gasteiger partial charge in [-0.1, -0.05) is 13.8 Å². The van der Waals surface area contributed by atoms with Gasteiger partial charge in [-0.25, -0.2) is 4.98 Å². The Balaban J connectivity index is 2.39. The predicted molar refractivity (Wildman–Crippen MR) is 61.8 cm³/mol. The van der Waals surface area contributed by atoms with Crippen molar-refractivity contribution in [2.24, 2.45) is 11.1 Å². The molecule has 1 fully saturated rings. The molecule has 0 amide bonds. The van der Waals surface area contributed by atoms with Gasteiger partial charge in [-0.3, -0.25) is 0 Å². The van der Waals surface area contributed by atoms with Crippen molar-refractivity contribution in [2.45, 2.75) is 25.8 Å². The second-order valence-electron chi connectivity index (χ2n) is 4.79. The Morgan fingerprint density at radius 1 is 1.31 bits per heavy atom. The number of methoxy groups -OCH3 is 2. The number of ether oxygens (including phenoxy) is 2. The Morgan fingerprint density at radius 3 is 2.38 bits per heavy atom. The van der Waals surface area contributed by atoms with Gasteiger partial charge in [0.2, 0.25) is 5.88 Å². The van der Waals surface area contributed by atoms with Crippen LogP contribution >= 0.6 is 0 Å². The first-order valence-corrected chi connectivity index (χ1v) is 5.36. The van der Waals surface area contributed by atoms with Crippen molar-refractivity contribution in [3.05, 3.63) is 17.8 Å². The van der Waals surface area contributed by atoms with E-state index in [1.54, 1.807) is 20.4 Å². The highest BCUT2D eigenvalue weighted by Crippen LogP contribution is 2.59. The maximum absolute atomic E-state index is 6.07. The summed E-state index contributed by atoms with van der Waals surface area (Å²) in [7, 11) is 3.25. The van der Waals surface area contributed by atoms with Crippen LogP contribution in [0, 0.1) is 5.41 Å². The molecule has 4 nitrogen and oxygen atoms in total. The van der Waals surface area contributed by atoms with E-state index in [9.17, 15) is 0 Å². The largest absolute Gasteiger partial charge is 0.495 e. The van der Waals surface area contributed by atoms with Crippen LogP contribution in [0.25, 0.3) is 0 Å². The zero-order valence-corrected chi connectivity index (χ0v) is 10.2. The van der Waals surface area contributed by atoms with Crippen LogP contribution in [-0.4, -0.2) is 25.2 Å². The summed E-state index contributed by atoms with van der Waals surface area (Å²) in [5, 5.41) is 0. The molecule has 2 atom stereocenters. The highest BCUT2D eigenvalue weighted by atomic mass is 16.5. The van der Waals surface area contributed by atoms with Crippen molar-refractivity contribution < 1.29 is 9.47 Å². The molecule has 2 rings (SSSR count). The third-order valence-electron chi connectivity index (χ3n) is 3.55. The molecule has 4 heteroatoms. The summed E-state index contributed by atoms with van der Waals surface area (Å²) in [4.78, 5) is 4.12. The molecule has 16 heavy (non-hydrogen) atoms. The maximum atomic E-state index is 6.07. The zero-order valence-electron chi connectivity index (χ0n) is 10.2. The van der Waals surface area contributed by atoms with E-state index in [-0.39, 0.29) is 11.5 Å². The summed E-state index contributed by atoms with van der Waals surface area (Å²) in [5.74, 6) is 1.71. The van der Waals surface area contributed by atoms with Crippen molar-refractivity contribution in [2.75, 3.05) is 14.2 Å². The summed E-state index contributed by atoms with van der Waals surface area (Å²) < 4.78 is 10.4. The maximum Gasteiger partial charge on any atom is 0.213 e. The molecule has 0 bridgehead atoms. The normalized spacial score (nSPS) is 26.3. The van der Waals surface area contributed by atoms with Gasteiger partial charge >= 0.3 is 0 Å². The molecule has 1 aliphatic rings. The minimum atomic E-state index is 0.125. The Hall–Kier alpha value is -1.29. The summed E-state index contributed by atoms with van der Waals surface area (Å²) in [6.45, 7) is 4.32. The van der Waals surface area contributed by atoms with Crippen LogP contribution in [0.1, 0.15) is 25.3 Å². The molecule has 88 valence electrons. The van der Waals surface area contributed by atoms with Gasteiger partial charge in [0.15, 0.2) is 0 Å². The van der Waals surface area contributed by atoms with Crippen LogP contribution in [0.15, 0.2) is 12.3 Å². The molecule has 2 N–H and O–H groups in total. The van der Waals surface area contributed by atoms with Crippen LogP contribution in [-0.2, 0) is 0 Å². The fourth-order valence-electron chi connectivity index (χ4n) is 2.24. The average Bonchev–Trinajstić information content (AvgIpc) is 2.77. The van der Waals surface area contributed by atoms with Crippen molar-refractivity contribution in [3.8, 4) is 11.6 Å². The van der Waals surface area contributed by atoms with Gasteiger partial charge in [0.05, 0.1) is 20.4 Å². The van der Waals surface area contributed by atoms with Crippen LogP contribution in [0.5, 0.6) is 11.6 Å². The monoisotopic (exact) mass is 222 g/mol. The van der Waals surface area contributed by atoms with Crippen molar-refractivity contribution in [3.63, 3.8) is 0 Å². The average molecular weight is 222 g/mol. The molecule has 0 radical (unpaired) electrons. The molecular weight excluding hydrogens is 204 g/mol. The summed E-state index contributed by atoms with van der Waals surface area (Å²) >= 11 is 0. The first-order chi connectivity index (χ1) is 7.52. The van der Waals surface area contributed by atoms with E-state index in [2.05, 4.69) is 18.8 Å². The Kier molecular flexibility index (Phi) is 2.54. The van der Waals surface area contributed by atoms with Gasteiger partial charge in [-0.15, -0.1) is 0 Å². The molecule has 1 aromatic heterocycles. The first-order valence-electron chi connectivity index (χ1n) is 5.36. The molecule has 0 saturated heterocycles. The summed E-state index contributed by atoms with van der Waals surface area (Å²) in [6, 6.07) is 2.09. The smallest absolute Gasteiger partial charge is 0.213 e. The van der Waals surface area contributed by atoms with Crippen LogP contribution in [0.4, 0.5) is 0 Å². The topological polar surface area (TPSA) is 57.4 Å². The lowest BCUT2D eigenvalue weighted by atomic mass is 10.0. The van der Waals surface area contributed by atoms with Crippen LogP contribution in [0.3, 0.4) is 0 Å². The van der Waals surface area contributed by atoms with E-state index in [4.69, 9.17) is 15.2 Å². The summed E-state index contributed by atoms with van der Waals surface area (Å²) in [6.07, 6.45) is 1.69. The predicted octanol–water partition coefficient (Wildman–Crippen LogP) is 1.55. The number of rotatable bonds is 3. The fraction of sp³-hybridized carbons (Fsp3) is 0.583. The van der Waals surface area contributed by atoms with Crippen molar-refractivity contribution in [1.82, 2.24) is 4.98 Å². The van der Waals surface area contributed by atoms with Gasteiger partial charge in [0.25, 0.3) is 0 Å². The molecule has 0 unspecified atom stereocenters. The van der Waals surface area contributed by atoms with E-state index in [0.29, 0.717) is 11.8 Å². The highest BCUT2D eigenvalue weighted by Gasteiger charge is 2.57. The number of nitrogens with zero attached hydrogens (tertiary/aromatic N) is 1. The van der Waals surface area contributed by atoms with Gasteiger partial charge in [0, 0.05) is 23.6 Å². The number of aromatic nitrogens is 1. The SMILES string of the molecule is COc1cc([C@@H]2[C@@H](N)C2(C)C)c(OC)cn1. The summed E-state index contributed by atoms with van der Waals surface area (Å²) in [5.41, 5.74) is 7.29. The van der Waals surface area contributed by atoms with Gasteiger partial charge in [-0.05, 0) is 5.41 Å². The Labute approximate surface area is 95.8 Å². The van der Waals surface area contributed by atoms with E-state index >= 15 is 0 Å². The quantitative estimate of drug-likeness (QED) is 0.843. The Bertz CT molecular complexity index is 404. The molecule has 1 saturated carbocycles. The second-order valence-corrected chi connectivity index (χ2v) is 4.79. The van der Waals surface area contributed by atoms with Gasteiger partial charge < -0.3 is 15.2 Å². The third kappa shape index (κ3) is 1.53. The van der Waals surface area contributed by atoms with Crippen LogP contribution in [0.2, 0.25) is 0 Å². The molecular formula is C12H18N2O2. The lowest BCUT2D eigenvalue weighted by Crippen LogP contribution is -2.06. The minimum absolute atomic E-state index is 0.125.